The summed E-state index contributed by atoms with van der Waals surface area (Å²) in [6, 6.07) is 3.46. The average molecular weight is 224 g/mol. The molecule has 1 heterocycles. The normalized spacial score (nSPS) is 33.4. The summed E-state index contributed by atoms with van der Waals surface area (Å²) in [6.45, 7) is 3.12. The molecule has 0 spiro atoms. The molecular formula is C10H12N2O4. The highest BCUT2D eigenvalue weighted by atomic mass is 16.8. The molecule has 0 aliphatic carbocycles. The summed E-state index contributed by atoms with van der Waals surface area (Å²) in [7, 11) is 2.79. The van der Waals surface area contributed by atoms with Crippen molar-refractivity contribution in [2.24, 2.45) is 0 Å². The van der Waals surface area contributed by atoms with Crippen molar-refractivity contribution >= 4 is 0 Å². The van der Waals surface area contributed by atoms with E-state index in [4.69, 9.17) is 29.5 Å². The second-order valence-electron chi connectivity index (χ2n) is 3.39. The van der Waals surface area contributed by atoms with E-state index in [0.29, 0.717) is 0 Å². The lowest BCUT2D eigenvalue weighted by atomic mass is 10.1. The van der Waals surface area contributed by atoms with Crippen LogP contribution in [0.15, 0.2) is 11.5 Å². The molecule has 0 fully saturated rings. The van der Waals surface area contributed by atoms with E-state index in [1.54, 1.807) is 26.0 Å². The van der Waals surface area contributed by atoms with Crippen molar-refractivity contribution in [3.63, 3.8) is 0 Å². The van der Waals surface area contributed by atoms with Gasteiger partial charge in [0, 0.05) is 28.1 Å². The summed E-state index contributed by atoms with van der Waals surface area (Å²) in [5, 5.41) is 17.6. The largest absolute Gasteiger partial charge is 0.441 e. The van der Waals surface area contributed by atoms with Gasteiger partial charge in [0.25, 0.3) is 23.1 Å². The number of hydrogen-bond donors (Lipinski definition) is 0. The van der Waals surface area contributed by atoms with E-state index in [-0.39, 0.29) is 11.5 Å². The first-order valence-electron chi connectivity index (χ1n) is 4.49. The lowest BCUT2D eigenvalue weighted by Crippen LogP contribution is -2.58. The van der Waals surface area contributed by atoms with Crippen LogP contribution < -0.4 is 0 Å². The van der Waals surface area contributed by atoms with Crippen LogP contribution in [0.2, 0.25) is 0 Å². The lowest BCUT2D eigenvalue weighted by molar-refractivity contribution is -0.378. The summed E-state index contributed by atoms with van der Waals surface area (Å²) in [6.07, 6.45) is 0. The van der Waals surface area contributed by atoms with Gasteiger partial charge in [0.1, 0.15) is 12.1 Å². The Hall–Kier alpha value is -1.76. The summed E-state index contributed by atoms with van der Waals surface area (Å²) in [5.41, 5.74) is 0. The fraction of sp³-hybridized carbons (Fsp3) is 0.600. The van der Waals surface area contributed by atoms with Gasteiger partial charge in [0.05, 0.1) is 0 Å². The van der Waals surface area contributed by atoms with E-state index < -0.39 is 11.6 Å². The smallest absolute Gasteiger partial charge is 0.274 e. The Morgan fingerprint density at radius 3 is 1.44 bits per heavy atom. The molecule has 86 valence electrons. The quantitative estimate of drug-likeness (QED) is 0.696. The molecule has 6 heteroatoms. The Morgan fingerprint density at radius 1 is 0.938 bits per heavy atom. The first kappa shape index (κ1) is 12.3. The monoisotopic (exact) mass is 224 g/mol. The molecule has 16 heavy (non-hydrogen) atoms. The van der Waals surface area contributed by atoms with E-state index in [0.717, 1.165) is 0 Å². The van der Waals surface area contributed by atoms with Crippen LogP contribution in [-0.4, -0.2) is 25.8 Å². The van der Waals surface area contributed by atoms with E-state index in [1.807, 2.05) is 0 Å². The molecule has 0 amide bonds. The van der Waals surface area contributed by atoms with E-state index in [1.165, 1.54) is 14.2 Å². The zero-order valence-corrected chi connectivity index (χ0v) is 9.53. The zero-order valence-electron chi connectivity index (χ0n) is 9.53. The number of nitriles is 2. The molecule has 0 radical (unpaired) electrons. The van der Waals surface area contributed by atoms with Crippen molar-refractivity contribution in [2.75, 3.05) is 14.2 Å². The minimum atomic E-state index is -1.30. The van der Waals surface area contributed by atoms with Crippen molar-refractivity contribution in [1.82, 2.24) is 0 Å². The number of nitrogens with zero attached hydrogens (tertiary/aromatic N) is 2. The lowest BCUT2D eigenvalue weighted by Gasteiger charge is -2.45. The average Bonchev–Trinajstić information content (AvgIpc) is 2.31. The van der Waals surface area contributed by atoms with Crippen molar-refractivity contribution in [3.05, 3.63) is 11.5 Å². The third-order valence-electron chi connectivity index (χ3n) is 2.61. The molecule has 0 unspecified atom stereocenters. The first-order valence-corrected chi connectivity index (χ1v) is 4.49. The maximum Gasteiger partial charge on any atom is 0.274 e. The molecule has 1 aliphatic rings. The van der Waals surface area contributed by atoms with E-state index in [2.05, 4.69) is 0 Å². The standard InChI is InChI=1S/C10H12N2O4/c1-9(13-3)10(2,14-4)16-8(6-12)7(5-11)15-9/h1-4H3/t9-,10-/m1/s1. The number of allylic oxidation sites excluding steroid dienone is 2. The van der Waals surface area contributed by atoms with Gasteiger partial charge >= 0.3 is 0 Å². The van der Waals surface area contributed by atoms with Crippen LogP contribution in [0.5, 0.6) is 0 Å². The van der Waals surface area contributed by atoms with Gasteiger partial charge in [-0.3, -0.25) is 0 Å². The van der Waals surface area contributed by atoms with Gasteiger partial charge in [-0.15, -0.1) is 0 Å². The Balaban J connectivity index is 3.26. The third kappa shape index (κ3) is 1.58. The molecule has 0 saturated carbocycles. The second-order valence-corrected chi connectivity index (χ2v) is 3.39. The van der Waals surface area contributed by atoms with Gasteiger partial charge in [0.15, 0.2) is 0 Å². The molecule has 0 aromatic carbocycles. The van der Waals surface area contributed by atoms with Crippen LogP contribution >= 0.6 is 0 Å². The van der Waals surface area contributed by atoms with Crippen LogP contribution in [0.3, 0.4) is 0 Å². The van der Waals surface area contributed by atoms with Crippen LogP contribution in [0.1, 0.15) is 13.8 Å². The zero-order chi connectivity index (χ0) is 12.4. The summed E-state index contributed by atoms with van der Waals surface area (Å²) < 4.78 is 20.9. The fourth-order valence-electron chi connectivity index (χ4n) is 1.27. The van der Waals surface area contributed by atoms with Crippen molar-refractivity contribution in [3.8, 4) is 12.1 Å². The molecule has 1 rings (SSSR count). The van der Waals surface area contributed by atoms with Gasteiger partial charge < -0.3 is 18.9 Å². The highest BCUT2D eigenvalue weighted by molar-refractivity contribution is 5.30. The van der Waals surface area contributed by atoms with Gasteiger partial charge in [-0.1, -0.05) is 0 Å². The number of ether oxygens (including phenoxy) is 4. The molecule has 6 nitrogen and oxygen atoms in total. The van der Waals surface area contributed by atoms with E-state index >= 15 is 0 Å². The molecule has 1 aliphatic heterocycles. The number of hydrogen-bond acceptors (Lipinski definition) is 6. The van der Waals surface area contributed by atoms with Crippen molar-refractivity contribution in [1.29, 1.82) is 10.5 Å². The van der Waals surface area contributed by atoms with Crippen LogP contribution in [0.4, 0.5) is 0 Å². The topological polar surface area (TPSA) is 84.5 Å². The highest BCUT2D eigenvalue weighted by Crippen LogP contribution is 2.39. The van der Waals surface area contributed by atoms with Gasteiger partial charge in [0.2, 0.25) is 0 Å². The first-order chi connectivity index (χ1) is 7.46. The van der Waals surface area contributed by atoms with Gasteiger partial charge in [-0.05, 0) is 0 Å². The summed E-state index contributed by atoms with van der Waals surface area (Å²) >= 11 is 0. The van der Waals surface area contributed by atoms with Gasteiger partial charge in [-0.25, -0.2) is 0 Å². The fourth-order valence-corrected chi connectivity index (χ4v) is 1.27. The van der Waals surface area contributed by atoms with Crippen LogP contribution in [-0.2, 0) is 18.9 Å². The van der Waals surface area contributed by atoms with E-state index in [9.17, 15) is 0 Å². The molecule has 0 aromatic heterocycles. The Labute approximate surface area is 93.6 Å². The van der Waals surface area contributed by atoms with Crippen LogP contribution in [0.25, 0.3) is 0 Å². The molecule has 0 aromatic rings. The molecule has 0 bridgehead atoms. The van der Waals surface area contributed by atoms with Crippen LogP contribution in [0, 0.1) is 22.7 Å². The predicted molar refractivity (Wildman–Crippen MR) is 51.3 cm³/mol. The van der Waals surface area contributed by atoms with Crippen molar-refractivity contribution < 1.29 is 18.9 Å². The van der Waals surface area contributed by atoms with Gasteiger partial charge in [-0.2, -0.15) is 10.5 Å². The van der Waals surface area contributed by atoms with Crippen molar-refractivity contribution in [2.45, 2.75) is 25.4 Å². The summed E-state index contributed by atoms with van der Waals surface area (Å²) in [5.74, 6) is -3.04. The number of methoxy groups -OCH3 is 2. The molecule has 0 saturated heterocycles. The Bertz CT molecular complexity index is 368. The molecular weight excluding hydrogens is 212 g/mol. The minimum absolute atomic E-state index is 0.221. The predicted octanol–water partition coefficient (Wildman–Crippen LogP) is 1.02. The minimum Gasteiger partial charge on any atom is -0.441 e. The number of rotatable bonds is 2. The molecule has 2 atom stereocenters. The third-order valence-corrected chi connectivity index (χ3v) is 2.61. The molecule has 0 N–H and O–H groups in total. The maximum atomic E-state index is 8.80. The Morgan fingerprint density at radius 2 is 1.25 bits per heavy atom. The Kier molecular flexibility index (Phi) is 3.09. The summed E-state index contributed by atoms with van der Waals surface area (Å²) in [4.78, 5) is 0. The highest BCUT2D eigenvalue weighted by Gasteiger charge is 2.55. The second kappa shape index (κ2) is 4.01. The SMILES string of the molecule is CO[C@]1(C)OC(C#N)=C(C#N)O[C@@]1(C)OC. The maximum absolute atomic E-state index is 8.80.